The molecule has 3 rings (SSSR count). The average Bonchev–Trinajstić information content (AvgIpc) is 2.98. The summed E-state index contributed by atoms with van der Waals surface area (Å²) in [4.78, 5) is 17.1. The van der Waals surface area contributed by atoms with Crippen molar-refractivity contribution in [1.29, 1.82) is 5.26 Å². The second-order valence-corrected chi connectivity index (χ2v) is 8.00. The van der Waals surface area contributed by atoms with Crippen LogP contribution < -0.4 is 5.32 Å². The molecule has 2 aromatic rings. The third-order valence-electron chi connectivity index (χ3n) is 4.18. The number of aromatic nitrogens is 1. The van der Waals surface area contributed by atoms with Gasteiger partial charge < -0.3 is 5.32 Å². The molecular formula is C20H19Cl2N3OS. The standard InChI is InChI=1S/C20H18ClN3OS.ClH/c1-20(2)10-13(6-7-14-5-3-4-8-23-14)9-15-16(12-22)19(26-18(15)20)24-17(25)11-21;/h3-9H,10-11H2,1-2H3,(H,24,25);1H. The maximum atomic E-state index is 11.7. The highest BCUT2D eigenvalue weighted by atomic mass is 35.5. The predicted molar refractivity (Wildman–Crippen MR) is 115 cm³/mol. The quantitative estimate of drug-likeness (QED) is 0.675. The van der Waals surface area contributed by atoms with Crippen LogP contribution in [0.3, 0.4) is 0 Å². The lowest BCUT2D eigenvalue weighted by Gasteiger charge is -2.29. The Morgan fingerprint density at radius 2 is 2.22 bits per heavy atom. The van der Waals surface area contributed by atoms with Gasteiger partial charge in [0.1, 0.15) is 17.0 Å². The Bertz CT molecular complexity index is 940. The van der Waals surface area contributed by atoms with E-state index in [1.807, 2.05) is 36.4 Å². The number of amides is 1. The van der Waals surface area contributed by atoms with Crippen LogP contribution in [0.25, 0.3) is 12.2 Å². The fourth-order valence-corrected chi connectivity index (χ4v) is 4.36. The van der Waals surface area contributed by atoms with Gasteiger partial charge in [0, 0.05) is 22.1 Å². The molecular weight excluding hydrogens is 401 g/mol. The fourth-order valence-electron chi connectivity index (χ4n) is 3.04. The minimum absolute atomic E-state index is 0. The van der Waals surface area contributed by atoms with Crippen LogP contribution in [0.1, 0.15) is 42.0 Å². The summed E-state index contributed by atoms with van der Waals surface area (Å²) in [6.07, 6.45) is 8.66. The lowest BCUT2D eigenvalue weighted by Crippen LogP contribution is -2.20. The highest BCUT2D eigenvalue weighted by molar-refractivity contribution is 7.17. The van der Waals surface area contributed by atoms with Gasteiger partial charge in [0.15, 0.2) is 0 Å². The number of nitrogens with zero attached hydrogens (tertiary/aromatic N) is 2. The van der Waals surface area contributed by atoms with Gasteiger partial charge in [-0.05, 0) is 36.3 Å². The molecule has 0 aliphatic heterocycles. The number of fused-ring (bicyclic) bond motifs is 1. The van der Waals surface area contributed by atoms with Gasteiger partial charge in [0.25, 0.3) is 0 Å². The number of carbonyl (C=O) groups excluding carboxylic acids is 1. The van der Waals surface area contributed by atoms with Crippen LogP contribution in [-0.2, 0) is 10.2 Å². The van der Waals surface area contributed by atoms with Crippen molar-refractivity contribution in [2.45, 2.75) is 25.7 Å². The van der Waals surface area contributed by atoms with E-state index >= 15 is 0 Å². The number of hydrogen-bond donors (Lipinski definition) is 1. The van der Waals surface area contributed by atoms with Gasteiger partial charge in [-0.25, -0.2) is 0 Å². The molecule has 0 fully saturated rings. The molecule has 140 valence electrons. The lowest BCUT2D eigenvalue weighted by atomic mass is 9.77. The Balaban J connectivity index is 0.00000261. The zero-order valence-electron chi connectivity index (χ0n) is 15.0. The van der Waals surface area contributed by atoms with Crippen LogP contribution in [0.5, 0.6) is 0 Å². The van der Waals surface area contributed by atoms with Crippen LogP contribution in [-0.4, -0.2) is 16.8 Å². The number of rotatable bonds is 4. The van der Waals surface area contributed by atoms with Crippen molar-refractivity contribution in [2.75, 3.05) is 11.2 Å². The minimum atomic E-state index is -0.307. The molecule has 0 unspecified atom stereocenters. The van der Waals surface area contributed by atoms with E-state index in [-0.39, 0.29) is 29.6 Å². The van der Waals surface area contributed by atoms with Crippen LogP contribution in [0.2, 0.25) is 0 Å². The van der Waals surface area contributed by atoms with Gasteiger partial charge in [0.05, 0.1) is 11.3 Å². The third-order valence-corrected chi connectivity index (χ3v) is 5.91. The number of pyridine rings is 1. The van der Waals surface area contributed by atoms with Crippen molar-refractivity contribution in [3.63, 3.8) is 0 Å². The van der Waals surface area contributed by atoms with Crippen molar-refractivity contribution >= 4 is 58.4 Å². The molecule has 1 N–H and O–H groups in total. The summed E-state index contributed by atoms with van der Waals surface area (Å²) in [5.74, 6) is -0.441. The van der Waals surface area contributed by atoms with E-state index in [9.17, 15) is 10.1 Å². The van der Waals surface area contributed by atoms with Crippen molar-refractivity contribution in [3.05, 3.63) is 57.7 Å². The molecule has 1 amide bonds. The third kappa shape index (κ3) is 4.59. The largest absolute Gasteiger partial charge is 0.316 e. The first-order valence-electron chi connectivity index (χ1n) is 8.17. The number of halogens is 2. The molecule has 0 aromatic carbocycles. The first kappa shape index (κ1) is 21.2. The van der Waals surface area contributed by atoms with Crippen LogP contribution >= 0.6 is 35.3 Å². The number of thiophene rings is 1. The number of nitrogens with one attached hydrogen (secondary N) is 1. The molecule has 0 saturated carbocycles. The summed E-state index contributed by atoms with van der Waals surface area (Å²) in [5.41, 5.74) is 3.27. The average molecular weight is 420 g/mol. The molecule has 1 aliphatic rings. The molecule has 0 radical (unpaired) electrons. The summed E-state index contributed by atoms with van der Waals surface area (Å²) in [6.45, 7) is 4.30. The Morgan fingerprint density at radius 3 is 2.85 bits per heavy atom. The van der Waals surface area contributed by atoms with Crippen LogP contribution in [0.15, 0.2) is 36.0 Å². The van der Waals surface area contributed by atoms with Crippen molar-refractivity contribution in [1.82, 2.24) is 4.98 Å². The number of hydrogen-bond acceptors (Lipinski definition) is 4. The Morgan fingerprint density at radius 1 is 1.44 bits per heavy atom. The first-order valence-corrected chi connectivity index (χ1v) is 9.52. The minimum Gasteiger partial charge on any atom is -0.316 e. The summed E-state index contributed by atoms with van der Waals surface area (Å²) in [7, 11) is 0. The van der Waals surface area contributed by atoms with E-state index < -0.39 is 0 Å². The monoisotopic (exact) mass is 419 g/mol. The van der Waals surface area contributed by atoms with Crippen molar-refractivity contribution in [2.24, 2.45) is 0 Å². The molecule has 7 heteroatoms. The lowest BCUT2D eigenvalue weighted by molar-refractivity contribution is -0.113. The van der Waals surface area contributed by atoms with E-state index in [1.54, 1.807) is 6.20 Å². The fraction of sp³-hybridized carbons (Fsp3) is 0.250. The van der Waals surface area contributed by atoms with E-state index in [0.29, 0.717) is 10.6 Å². The molecule has 1 aliphatic carbocycles. The first-order chi connectivity index (χ1) is 12.4. The maximum absolute atomic E-state index is 11.7. The highest BCUT2D eigenvalue weighted by Gasteiger charge is 2.33. The number of anilines is 1. The SMILES string of the molecule is CC1(C)CC(C=Cc2ccccn2)=Cc2c1sc(NC(=O)CCl)c2C#N.Cl. The molecule has 4 nitrogen and oxygen atoms in total. The molecule has 0 saturated heterocycles. The number of nitriles is 1. The predicted octanol–water partition coefficient (Wildman–Crippen LogP) is 5.39. The van der Waals surface area contributed by atoms with E-state index in [4.69, 9.17) is 11.6 Å². The van der Waals surface area contributed by atoms with E-state index in [2.05, 4.69) is 30.2 Å². The number of alkyl halides is 1. The van der Waals surface area contributed by atoms with Crippen molar-refractivity contribution in [3.8, 4) is 6.07 Å². The second kappa shape index (κ2) is 8.71. The van der Waals surface area contributed by atoms with Gasteiger partial charge in [-0.1, -0.05) is 26.0 Å². The van der Waals surface area contributed by atoms with Crippen LogP contribution in [0.4, 0.5) is 5.00 Å². The topological polar surface area (TPSA) is 65.8 Å². The zero-order valence-corrected chi connectivity index (χ0v) is 17.3. The zero-order chi connectivity index (χ0) is 18.7. The molecule has 0 spiro atoms. The summed E-state index contributed by atoms with van der Waals surface area (Å²) in [6, 6.07) is 8.01. The van der Waals surface area contributed by atoms with Crippen LogP contribution in [0, 0.1) is 11.3 Å². The summed E-state index contributed by atoms with van der Waals surface area (Å²) < 4.78 is 0. The Hall–Kier alpha value is -2.13. The molecule has 0 atom stereocenters. The second-order valence-electron chi connectivity index (χ2n) is 6.71. The smallest absolute Gasteiger partial charge is 0.239 e. The van der Waals surface area contributed by atoms with Gasteiger partial charge >= 0.3 is 0 Å². The Kier molecular flexibility index (Phi) is 6.83. The number of allylic oxidation sites excluding steroid dienone is 2. The van der Waals surface area contributed by atoms with Crippen molar-refractivity contribution < 1.29 is 4.79 Å². The molecule has 27 heavy (non-hydrogen) atoms. The molecule has 2 aromatic heterocycles. The van der Waals surface area contributed by atoms with Gasteiger partial charge in [-0.2, -0.15) is 5.26 Å². The summed E-state index contributed by atoms with van der Waals surface area (Å²) in [5, 5.41) is 12.9. The van der Waals surface area contributed by atoms with E-state index in [0.717, 1.165) is 28.1 Å². The van der Waals surface area contributed by atoms with Gasteiger partial charge in [0.2, 0.25) is 5.91 Å². The Labute approximate surface area is 174 Å². The van der Waals surface area contributed by atoms with Gasteiger partial charge in [-0.3, -0.25) is 9.78 Å². The maximum Gasteiger partial charge on any atom is 0.239 e. The highest BCUT2D eigenvalue weighted by Crippen LogP contribution is 2.47. The summed E-state index contributed by atoms with van der Waals surface area (Å²) >= 11 is 7.05. The number of carbonyl (C=O) groups is 1. The molecule has 0 bridgehead atoms. The normalized spacial score (nSPS) is 14.7. The van der Waals surface area contributed by atoms with E-state index in [1.165, 1.54) is 11.3 Å². The molecule has 2 heterocycles. The van der Waals surface area contributed by atoms with Gasteiger partial charge in [-0.15, -0.1) is 35.3 Å².